The van der Waals surface area contributed by atoms with Crippen molar-refractivity contribution < 1.29 is 9.59 Å². The van der Waals surface area contributed by atoms with Gasteiger partial charge in [0.1, 0.15) is 5.82 Å². The van der Waals surface area contributed by atoms with Gasteiger partial charge in [-0.15, -0.1) is 0 Å². The average molecular weight is 402 g/mol. The summed E-state index contributed by atoms with van der Waals surface area (Å²) in [7, 11) is 0. The van der Waals surface area contributed by atoms with E-state index in [0.717, 1.165) is 22.6 Å². The first-order chi connectivity index (χ1) is 14.3. The van der Waals surface area contributed by atoms with Gasteiger partial charge < -0.3 is 10.2 Å². The molecule has 1 aliphatic heterocycles. The van der Waals surface area contributed by atoms with E-state index in [1.165, 1.54) is 4.68 Å². The van der Waals surface area contributed by atoms with Crippen LogP contribution in [-0.2, 0) is 4.79 Å². The number of hydrogen-bond acceptors (Lipinski definition) is 5. The number of hydrogen-bond donors (Lipinski definition) is 1. The number of rotatable bonds is 5. The molecule has 0 fully saturated rings. The van der Waals surface area contributed by atoms with E-state index >= 15 is 0 Å². The molecule has 0 unspecified atom stereocenters. The van der Waals surface area contributed by atoms with Gasteiger partial charge in [0, 0.05) is 47.2 Å². The van der Waals surface area contributed by atoms with Gasteiger partial charge in [-0.05, 0) is 32.9 Å². The predicted octanol–water partition coefficient (Wildman–Crippen LogP) is 3.04. The van der Waals surface area contributed by atoms with E-state index in [9.17, 15) is 9.59 Å². The first-order valence-corrected chi connectivity index (χ1v) is 9.63. The molecule has 1 aliphatic rings. The fourth-order valence-corrected chi connectivity index (χ4v) is 3.53. The van der Waals surface area contributed by atoms with E-state index < -0.39 is 0 Å². The molecule has 2 amide bonds. The van der Waals surface area contributed by atoms with Gasteiger partial charge in [-0.3, -0.25) is 9.59 Å². The molecule has 152 valence electrons. The molecule has 0 spiro atoms. The molecule has 3 heterocycles. The highest BCUT2D eigenvalue weighted by Gasteiger charge is 2.30. The Kier molecular flexibility index (Phi) is 4.91. The monoisotopic (exact) mass is 402 g/mol. The quantitative estimate of drug-likeness (QED) is 0.708. The third-order valence-electron chi connectivity index (χ3n) is 4.86. The van der Waals surface area contributed by atoms with Gasteiger partial charge in [0.05, 0.1) is 5.69 Å². The normalized spacial score (nSPS) is 13.0. The van der Waals surface area contributed by atoms with Crippen molar-refractivity contribution in [1.29, 1.82) is 0 Å². The SMILES string of the molecule is C=C1c2ccccc2C(=O)N1CCC(=O)Nc1cc(C)nn1-c1nc(C)cc(C)n1. The summed E-state index contributed by atoms with van der Waals surface area (Å²) in [6.07, 6.45) is 0.122. The van der Waals surface area contributed by atoms with Crippen LogP contribution in [0, 0.1) is 20.8 Å². The molecule has 30 heavy (non-hydrogen) atoms. The Morgan fingerprint density at radius 3 is 2.37 bits per heavy atom. The van der Waals surface area contributed by atoms with Gasteiger partial charge in [0.15, 0.2) is 0 Å². The molecule has 0 bridgehead atoms. The number of nitrogens with zero attached hydrogens (tertiary/aromatic N) is 5. The summed E-state index contributed by atoms with van der Waals surface area (Å²) in [4.78, 5) is 35.6. The molecular formula is C22H22N6O2. The summed E-state index contributed by atoms with van der Waals surface area (Å²) in [5.41, 5.74) is 4.40. The molecule has 0 saturated heterocycles. The van der Waals surface area contributed by atoms with Crippen molar-refractivity contribution in [3.63, 3.8) is 0 Å². The highest BCUT2D eigenvalue weighted by molar-refractivity contribution is 6.09. The maximum atomic E-state index is 12.6. The molecule has 3 aromatic rings. The zero-order valence-corrected chi connectivity index (χ0v) is 17.1. The van der Waals surface area contributed by atoms with Crippen LogP contribution in [0.2, 0.25) is 0 Å². The molecule has 8 nitrogen and oxygen atoms in total. The van der Waals surface area contributed by atoms with Crippen LogP contribution in [0.3, 0.4) is 0 Å². The smallest absolute Gasteiger partial charge is 0.258 e. The summed E-state index contributed by atoms with van der Waals surface area (Å²) < 4.78 is 1.52. The molecule has 1 aromatic carbocycles. The van der Waals surface area contributed by atoms with Crippen LogP contribution >= 0.6 is 0 Å². The van der Waals surface area contributed by atoms with Gasteiger partial charge in [0.2, 0.25) is 5.91 Å². The zero-order valence-electron chi connectivity index (χ0n) is 17.1. The topological polar surface area (TPSA) is 93.0 Å². The van der Waals surface area contributed by atoms with Crippen LogP contribution in [0.4, 0.5) is 5.82 Å². The van der Waals surface area contributed by atoms with Crippen LogP contribution in [0.25, 0.3) is 11.6 Å². The first kappa shape index (κ1) is 19.5. The number of amides is 2. The molecule has 0 saturated carbocycles. The lowest BCUT2D eigenvalue weighted by atomic mass is 10.1. The van der Waals surface area contributed by atoms with Gasteiger partial charge in [-0.1, -0.05) is 24.8 Å². The van der Waals surface area contributed by atoms with E-state index in [2.05, 4.69) is 27.0 Å². The number of carbonyl (C=O) groups is 2. The lowest BCUT2D eigenvalue weighted by molar-refractivity contribution is -0.116. The van der Waals surface area contributed by atoms with E-state index in [-0.39, 0.29) is 24.8 Å². The number of fused-ring (bicyclic) bond motifs is 1. The van der Waals surface area contributed by atoms with Crippen LogP contribution in [0.1, 0.15) is 39.4 Å². The van der Waals surface area contributed by atoms with Crippen molar-refractivity contribution in [3.05, 3.63) is 71.2 Å². The van der Waals surface area contributed by atoms with Gasteiger partial charge in [-0.25, -0.2) is 9.97 Å². The summed E-state index contributed by atoms with van der Waals surface area (Å²) in [6.45, 7) is 9.84. The van der Waals surface area contributed by atoms with Crippen LogP contribution in [0.5, 0.6) is 0 Å². The van der Waals surface area contributed by atoms with Crippen molar-refractivity contribution >= 4 is 23.3 Å². The van der Waals surface area contributed by atoms with Gasteiger partial charge >= 0.3 is 0 Å². The highest BCUT2D eigenvalue weighted by atomic mass is 16.2. The second-order valence-electron chi connectivity index (χ2n) is 7.28. The van der Waals surface area contributed by atoms with Crippen LogP contribution in [-0.4, -0.2) is 43.0 Å². The van der Waals surface area contributed by atoms with Crippen molar-refractivity contribution in [3.8, 4) is 5.95 Å². The van der Waals surface area contributed by atoms with Crippen molar-refractivity contribution in [2.24, 2.45) is 0 Å². The predicted molar refractivity (Wildman–Crippen MR) is 113 cm³/mol. The lowest BCUT2D eigenvalue weighted by Gasteiger charge is -2.17. The number of carbonyl (C=O) groups excluding carboxylic acids is 2. The fourth-order valence-electron chi connectivity index (χ4n) is 3.53. The van der Waals surface area contributed by atoms with Crippen molar-refractivity contribution in [1.82, 2.24) is 24.6 Å². The minimum atomic E-state index is -0.239. The number of nitrogens with one attached hydrogen (secondary N) is 1. The Morgan fingerprint density at radius 2 is 1.70 bits per heavy atom. The maximum absolute atomic E-state index is 12.6. The molecule has 0 aliphatic carbocycles. The maximum Gasteiger partial charge on any atom is 0.258 e. The highest BCUT2D eigenvalue weighted by Crippen LogP contribution is 2.31. The van der Waals surface area contributed by atoms with E-state index in [0.29, 0.717) is 23.0 Å². The minimum Gasteiger partial charge on any atom is -0.310 e. The summed E-state index contributed by atoms with van der Waals surface area (Å²) in [6, 6.07) is 10.9. The van der Waals surface area contributed by atoms with Crippen molar-refractivity contribution in [2.45, 2.75) is 27.2 Å². The number of aromatic nitrogens is 4. The van der Waals surface area contributed by atoms with E-state index in [4.69, 9.17) is 0 Å². The molecule has 0 atom stereocenters. The third-order valence-corrected chi connectivity index (χ3v) is 4.86. The zero-order chi connectivity index (χ0) is 21.4. The second-order valence-corrected chi connectivity index (χ2v) is 7.28. The molecular weight excluding hydrogens is 380 g/mol. The summed E-state index contributed by atoms with van der Waals surface area (Å²) in [5.74, 6) is 0.511. The molecule has 0 radical (unpaired) electrons. The Bertz CT molecular complexity index is 1120. The molecule has 1 N–H and O–H groups in total. The Labute approximate surface area is 174 Å². The minimum absolute atomic E-state index is 0.122. The van der Waals surface area contributed by atoms with Gasteiger partial charge in [0.25, 0.3) is 11.9 Å². The number of benzene rings is 1. The van der Waals surface area contributed by atoms with Crippen LogP contribution < -0.4 is 5.32 Å². The number of aryl methyl sites for hydroxylation is 3. The third kappa shape index (κ3) is 3.59. The lowest BCUT2D eigenvalue weighted by Crippen LogP contribution is -2.27. The van der Waals surface area contributed by atoms with Crippen LogP contribution in [0.15, 0.2) is 43.0 Å². The van der Waals surface area contributed by atoms with Gasteiger partial charge in [-0.2, -0.15) is 9.78 Å². The summed E-state index contributed by atoms with van der Waals surface area (Å²) >= 11 is 0. The molecule has 2 aromatic heterocycles. The fraction of sp³-hybridized carbons (Fsp3) is 0.227. The van der Waals surface area contributed by atoms with Crippen molar-refractivity contribution in [2.75, 3.05) is 11.9 Å². The molecule has 4 rings (SSSR count). The Balaban J connectivity index is 1.47. The van der Waals surface area contributed by atoms with E-state index in [1.54, 1.807) is 17.0 Å². The largest absolute Gasteiger partial charge is 0.310 e. The Hall–Kier alpha value is -3.81. The molecule has 8 heteroatoms. The Morgan fingerprint density at radius 1 is 1.03 bits per heavy atom. The average Bonchev–Trinajstić information content (AvgIpc) is 3.17. The number of anilines is 1. The second kappa shape index (κ2) is 7.55. The standard InChI is InChI=1S/C22H22N6O2/c1-13-11-14(2)24-22(23-13)28-19(12-15(3)26-28)25-20(29)9-10-27-16(4)17-7-5-6-8-18(17)21(27)30/h5-8,11-12H,4,9-10H2,1-3H3,(H,25,29). The first-order valence-electron chi connectivity index (χ1n) is 9.63. The van der Waals surface area contributed by atoms with E-state index in [1.807, 2.05) is 45.0 Å². The summed E-state index contributed by atoms with van der Waals surface area (Å²) in [5, 5.41) is 7.26.